The predicted octanol–water partition coefficient (Wildman–Crippen LogP) is 3.67. The minimum atomic E-state index is -4.40. The van der Waals surface area contributed by atoms with Crippen LogP contribution < -0.4 is 10.6 Å². The molecular formula is C19H16F3N5O2. The summed E-state index contributed by atoms with van der Waals surface area (Å²) < 4.78 is 43.5. The molecule has 150 valence electrons. The van der Waals surface area contributed by atoms with Crippen molar-refractivity contribution in [3.8, 4) is 11.5 Å². The number of aromatic nitrogens is 3. The van der Waals surface area contributed by atoms with Gasteiger partial charge in [-0.1, -0.05) is 5.16 Å². The SMILES string of the molecule is C[C@]1(c2nc(-c3ncccc3Nc3ccc(C(F)(F)F)cc3)no2)CCNC1=O. The van der Waals surface area contributed by atoms with Gasteiger partial charge in [-0.15, -0.1) is 0 Å². The molecule has 3 aromatic rings. The van der Waals surface area contributed by atoms with E-state index in [4.69, 9.17) is 4.52 Å². The summed E-state index contributed by atoms with van der Waals surface area (Å²) in [5.74, 6) is 0.182. The number of nitrogens with zero attached hydrogens (tertiary/aromatic N) is 3. The van der Waals surface area contributed by atoms with Crippen LogP contribution in [0.25, 0.3) is 11.5 Å². The Kier molecular flexibility index (Phi) is 4.48. The van der Waals surface area contributed by atoms with Gasteiger partial charge in [0, 0.05) is 18.4 Å². The van der Waals surface area contributed by atoms with Crippen LogP contribution in [0.2, 0.25) is 0 Å². The van der Waals surface area contributed by atoms with E-state index in [1.54, 1.807) is 19.1 Å². The number of amides is 1. The molecule has 10 heteroatoms. The minimum Gasteiger partial charge on any atom is -0.355 e. The third-order valence-corrected chi connectivity index (χ3v) is 4.82. The van der Waals surface area contributed by atoms with E-state index in [0.29, 0.717) is 30.0 Å². The first-order valence-electron chi connectivity index (χ1n) is 8.79. The second kappa shape index (κ2) is 6.87. The van der Waals surface area contributed by atoms with Crippen LogP contribution in [0, 0.1) is 0 Å². The molecular weight excluding hydrogens is 387 g/mol. The Morgan fingerprint density at radius 3 is 2.62 bits per heavy atom. The first kappa shape index (κ1) is 18.9. The smallest absolute Gasteiger partial charge is 0.355 e. The molecule has 7 nitrogen and oxygen atoms in total. The van der Waals surface area contributed by atoms with Crippen molar-refractivity contribution in [2.75, 3.05) is 11.9 Å². The van der Waals surface area contributed by atoms with Gasteiger partial charge in [0.05, 0.1) is 11.3 Å². The average molecular weight is 403 g/mol. The molecule has 0 bridgehead atoms. The van der Waals surface area contributed by atoms with Gasteiger partial charge in [-0.2, -0.15) is 18.2 Å². The molecule has 1 aliphatic rings. The highest BCUT2D eigenvalue weighted by atomic mass is 19.4. The van der Waals surface area contributed by atoms with Crippen LogP contribution in [0.15, 0.2) is 47.1 Å². The minimum absolute atomic E-state index is 0.177. The maximum absolute atomic E-state index is 12.7. The number of anilines is 2. The molecule has 1 fully saturated rings. The first-order chi connectivity index (χ1) is 13.8. The van der Waals surface area contributed by atoms with E-state index in [2.05, 4.69) is 25.8 Å². The van der Waals surface area contributed by atoms with Crippen LogP contribution in [-0.2, 0) is 16.4 Å². The lowest BCUT2D eigenvalue weighted by Crippen LogP contribution is -2.32. The number of carbonyl (C=O) groups is 1. The zero-order chi connectivity index (χ0) is 20.6. The molecule has 0 saturated carbocycles. The summed E-state index contributed by atoms with van der Waals surface area (Å²) >= 11 is 0. The summed E-state index contributed by atoms with van der Waals surface area (Å²) in [4.78, 5) is 20.7. The second-order valence-electron chi connectivity index (χ2n) is 6.86. The van der Waals surface area contributed by atoms with Gasteiger partial charge in [-0.25, -0.2) is 0 Å². The van der Waals surface area contributed by atoms with Crippen molar-refractivity contribution >= 4 is 17.3 Å². The highest BCUT2D eigenvalue weighted by molar-refractivity contribution is 5.88. The number of nitrogens with one attached hydrogen (secondary N) is 2. The molecule has 1 aromatic carbocycles. The number of pyridine rings is 1. The van der Waals surface area contributed by atoms with Crippen molar-refractivity contribution in [2.24, 2.45) is 0 Å². The fraction of sp³-hybridized carbons (Fsp3) is 0.263. The number of hydrogen-bond donors (Lipinski definition) is 2. The summed E-state index contributed by atoms with van der Waals surface area (Å²) in [6, 6.07) is 7.99. The maximum Gasteiger partial charge on any atom is 0.416 e. The van der Waals surface area contributed by atoms with Crippen molar-refractivity contribution in [2.45, 2.75) is 24.9 Å². The van der Waals surface area contributed by atoms with Crippen LogP contribution in [0.3, 0.4) is 0 Å². The number of carbonyl (C=O) groups excluding carboxylic acids is 1. The Balaban J connectivity index is 1.62. The topological polar surface area (TPSA) is 92.9 Å². The van der Waals surface area contributed by atoms with Gasteiger partial charge in [0.25, 0.3) is 0 Å². The monoisotopic (exact) mass is 403 g/mol. The van der Waals surface area contributed by atoms with Crippen molar-refractivity contribution in [3.05, 3.63) is 54.0 Å². The molecule has 29 heavy (non-hydrogen) atoms. The maximum atomic E-state index is 12.7. The highest BCUT2D eigenvalue weighted by Gasteiger charge is 2.44. The Hall–Kier alpha value is -3.43. The highest BCUT2D eigenvalue weighted by Crippen LogP contribution is 2.34. The molecule has 1 saturated heterocycles. The van der Waals surface area contributed by atoms with Gasteiger partial charge in [-0.3, -0.25) is 9.78 Å². The molecule has 0 radical (unpaired) electrons. The van der Waals surface area contributed by atoms with E-state index < -0.39 is 17.2 Å². The van der Waals surface area contributed by atoms with Gasteiger partial charge >= 0.3 is 6.18 Å². The molecule has 1 atom stereocenters. The van der Waals surface area contributed by atoms with Gasteiger partial charge in [-0.05, 0) is 49.7 Å². The van der Waals surface area contributed by atoms with Crippen LogP contribution in [0.4, 0.5) is 24.5 Å². The standard InChI is InChI=1S/C19H16F3N5O2/c1-18(8-10-24-16(18)28)17-26-15(27-29-17)14-13(3-2-9-23-14)25-12-6-4-11(5-7-12)19(20,21)22/h2-7,9,25H,8,10H2,1H3,(H,24,28)/t18-/m0/s1. The number of benzene rings is 1. The Morgan fingerprint density at radius 1 is 1.21 bits per heavy atom. The predicted molar refractivity (Wildman–Crippen MR) is 97.2 cm³/mol. The normalized spacial score (nSPS) is 19.2. The number of rotatable bonds is 4. The zero-order valence-corrected chi connectivity index (χ0v) is 15.2. The molecule has 1 amide bonds. The van der Waals surface area contributed by atoms with Crippen molar-refractivity contribution in [1.29, 1.82) is 0 Å². The molecule has 2 aromatic heterocycles. The molecule has 3 heterocycles. The van der Waals surface area contributed by atoms with E-state index in [1.165, 1.54) is 18.3 Å². The Labute approximate surface area is 163 Å². The van der Waals surface area contributed by atoms with E-state index in [0.717, 1.165) is 12.1 Å². The molecule has 0 unspecified atom stereocenters. The fourth-order valence-corrected chi connectivity index (χ4v) is 3.06. The van der Waals surface area contributed by atoms with Gasteiger partial charge in [0.2, 0.25) is 17.6 Å². The lowest BCUT2D eigenvalue weighted by atomic mass is 9.89. The van der Waals surface area contributed by atoms with Crippen molar-refractivity contribution in [3.63, 3.8) is 0 Å². The third-order valence-electron chi connectivity index (χ3n) is 4.82. The molecule has 1 aliphatic heterocycles. The molecule has 0 spiro atoms. The summed E-state index contributed by atoms with van der Waals surface area (Å²) in [7, 11) is 0. The van der Waals surface area contributed by atoms with Crippen LogP contribution in [-0.4, -0.2) is 27.6 Å². The average Bonchev–Trinajstić information content (AvgIpc) is 3.30. The molecule has 2 N–H and O–H groups in total. The lowest BCUT2D eigenvalue weighted by Gasteiger charge is -2.13. The largest absolute Gasteiger partial charge is 0.416 e. The van der Waals surface area contributed by atoms with Crippen LogP contribution in [0.5, 0.6) is 0 Å². The lowest BCUT2D eigenvalue weighted by molar-refractivity contribution is -0.137. The van der Waals surface area contributed by atoms with Crippen molar-refractivity contribution < 1.29 is 22.5 Å². The van der Waals surface area contributed by atoms with Crippen LogP contribution >= 0.6 is 0 Å². The van der Waals surface area contributed by atoms with E-state index in [1.807, 2.05) is 0 Å². The summed E-state index contributed by atoms with van der Waals surface area (Å²) in [6.45, 7) is 2.25. The van der Waals surface area contributed by atoms with Gasteiger partial charge in [0.15, 0.2) is 0 Å². The Bertz CT molecular complexity index is 1050. The molecule has 0 aliphatic carbocycles. The quantitative estimate of drug-likeness (QED) is 0.691. The van der Waals surface area contributed by atoms with E-state index in [9.17, 15) is 18.0 Å². The van der Waals surface area contributed by atoms with Gasteiger partial charge < -0.3 is 15.2 Å². The summed E-state index contributed by atoms with van der Waals surface area (Å²) in [5.41, 5.74) is -0.357. The summed E-state index contributed by atoms with van der Waals surface area (Å²) in [5, 5.41) is 9.70. The molecule has 4 rings (SSSR count). The third kappa shape index (κ3) is 3.53. The van der Waals surface area contributed by atoms with Crippen molar-refractivity contribution in [1.82, 2.24) is 20.4 Å². The first-order valence-corrected chi connectivity index (χ1v) is 8.79. The zero-order valence-electron chi connectivity index (χ0n) is 15.2. The number of alkyl halides is 3. The fourth-order valence-electron chi connectivity index (χ4n) is 3.06. The van der Waals surface area contributed by atoms with Crippen LogP contribution in [0.1, 0.15) is 24.8 Å². The summed E-state index contributed by atoms with van der Waals surface area (Å²) in [6.07, 6.45) is -2.33. The number of hydrogen-bond acceptors (Lipinski definition) is 6. The second-order valence-corrected chi connectivity index (χ2v) is 6.86. The Morgan fingerprint density at radius 2 is 1.97 bits per heavy atom. The van der Waals surface area contributed by atoms with E-state index >= 15 is 0 Å². The van der Waals surface area contributed by atoms with E-state index in [-0.39, 0.29) is 17.6 Å². The number of halogens is 3. The van der Waals surface area contributed by atoms with Gasteiger partial charge in [0.1, 0.15) is 11.1 Å².